The minimum absolute atomic E-state index is 0.883. The molecule has 0 aromatic heterocycles. The van der Waals surface area contributed by atoms with Crippen molar-refractivity contribution in [2.75, 3.05) is 0 Å². The van der Waals surface area contributed by atoms with Crippen LogP contribution in [0.3, 0.4) is 0 Å². The maximum Gasteiger partial charge on any atom is -0.0250 e. The van der Waals surface area contributed by atoms with E-state index in [1.54, 1.807) is 11.1 Å². The third-order valence-corrected chi connectivity index (χ3v) is 2.83. The van der Waals surface area contributed by atoms with Crippen molar-refractivity contribution in [1.29, 1.82) is 0 Å². The standard InChI is InChI=1S/C12H16/c1-10-5-4-8-11-6-2-3-7-12(11)9-10/h2-3,6-7,10H,4-5,8-9H2,1H3/t10-/m0/s1. The van der Waals surface area contributed by atoms with Gasteiger partial charge in [0.05, 0.1) is 0 Å². The molecule has 0 nitrogen and oxygen atoms in total. The first kappa shape index (κ1) is 7.85. The SMILES string of the molecule is C[C@H]1CCCc2ccccc2C1. The van der Waals surface area contributed by atoms with Crippen molar-refractivity contribution in [3.05, 3.63) is 35.4 Å². The van der Waals surface area contributed by atoms with Crippen molar-refractivity contribution in [2.45, 2.75) is 32.6 Å². The number of rotatable bonds is 0. The molecule has 1 aromatic rings. The van der Waals surface area contributed by atoms with Crippen LogP contribution in [0.2, 0.25) is 0 Å². The summed E-state index contributed by atoms with van der Waals surface area (Å²) in [5, 5.41) is 0. The summed E-state index contributed by atoms with van der Waals surface area (Å²) < 4.78 is 0. The van der Waals surface area contributed by atoms with Crippen molar-refractivity contribution in [2.24, 2.45) is 5.92 Å². The molecule has 1 atom stereocenters. The van der Waals surface area contributed by atoms with E-state index in [4.69, 9.17) is 0 Å². The number of benzene rings is 1. The van der Waals surface area contributed by atoms with Crippen molar-refractivity contribution < 1.29 is 0 Å². The highest BCUT2D eigenvalue weighted by atomic mass is 14.2. The number of fused-ring (bicyclic) bond motifs is 1. The van der Waals surface area contributed by atoms with Gasteiger partial charge in [-0.3, -0.25) is 0 Å². The van der Waals surface area contributed by atoms with Gasteiger partial charge >= 0.3 is 0 Å². The fourth-order valence-corrected chi connectivity index (χ4v) is 2.12. The second-order valence-electron chi connectivity index (χ2n) is 3.97. The molecule has 0 N–H and O–H groups in total. The van der Waals surface area contributed by atoms with Crippen LogP contribution in [-0.2, 0) is 12.8 Å². The van der Waals surface area contributed by atoms with Crippen LogP contribution in [0.5, 0.6) is 0 Å². The molecule has 0 heteroatoms. The van der Waals surface area contributed by atoms with Crippen LogP contribution >= 0.6 is 0 Å². The van der Waals surface area contributed by atoms with Crippen LogP contribution in [0.25, 0.3) is 0 Å². The second-order valence-corrected chi connectivity index (χ2v) is 3.97. The van der Waals surface area contributed by atoms with Crippen molar-refractivity contribution in [3.8, 4) is 0 Å². The predicted octanol–water partition coefficient (Wildman–Crippen LogP) is 3.20. The van der Waals surface area contributed by atoms with E-state index in [1.165, 1.54) is 25.7 Å². The Labute approximate surface area is 74.6 Å². The molecule has 0 fully saturated rings. The highest BCUT2D eigenvalue weighted by Crippen LogP contribution is 2.23. The summed E-state index contributed by atoms with van der Waals surface area (Å²) in [7, 11) is 0. The normalized spacial score (nSPS) is 22.9. The summed E-state index contributed by atoms with van der Waals surface area (Å²) in [6.07, 6.45) is 5.35. The van der Waals surface area contributed by atoms with Crippen molar-refractivity contribution in [1.82, 2.24) is 0 Å². The van der Waals surface area contributed by atoms with E-state index in [1.807, 2.05) is 0 Å². The first-order chi connectivity index (χ1) is 5.86. The first-order valence-corrected chi connectivity index (χ1v) is 4.93. The minimum atomic E-state index is 0.883. The summed E-state index contributed by atoms with van der Waals surface area (Å²) in [4.78, 5) is 0. The van der Waals surface area contributed by atoms with Gasteiger partial charge in [0, 0.05) is 0 Å². The van der Waals surface area contributed by atoms with E-state index in [2.05, 4.69) is 31.2 Å². The maximum absolute atomic E-state index is 2.36. The molecule has 2 rings (SSSR count). The van der Waals surface area contributed by atoms with Gasteiger partial charge in [0.1, 0.15) is 0 Å². The molecule has 0 saturated carbocycles. The van der Waals surface area contributed by atoms with Gasteiger partial charge in [-0.15, -0.1) is 0 Å². The molecule has 0 radical (unpaired) electrons. The number of aryl methyl sites for hydroxylation is 1. The molecule has 0 unspecified atom stereocenters. The highest BCUT2D eigenvalue weighted by molar-refractivity contribution is 5.28. The zero-order valence-electron chi connectivity index (χ0n) is 7.72. The van der Waals surface area contributed by atoms with Crippen LogP contribution in [0, 0.1) is 5.92 Å². The number of hydrogen-bond acceptors (Lipinski definition) is 0. The van der Waals surface area contributed by atoms with E-state index >= 15 is 0 Å². The average molecular weight is 160 g/mol. The molecule has 1 aliphatic rings. The Bertz CT molecular complexity index is 262. The van der Waals surface area contributed by atoms with Gasteiger partial charge in [-0.2, -0.15) is 0 Å². The van der Waals surface area contributed by atoms with Crippen LogP contribution in [0.4, 0.5) is 0 Å². The van der Waals surface area contributed by atoms with E-state index in [9.17, 15) is 0 Å². The molecule has 0 bridgehead atoms. The van der Waals surface area contributed by atoms with E-state index in [-0.39, 0.29) is 0 Å². The topological polar surface area (TPSA) is 0 Å². The van der Waals surface area contributed by atoms with Gasteiger partial charge in [-0.1, -0.05) is 37.6 Å². The molecule has 0 spiro atoms. The van der Waals surface area contributed by atoms with Gasteiger partial charge < -0.3 is 0 Å². The Balaban J connectivity index is 2.31. The summed E-state index contributed by atoms with van der Waals surface area (Å²) in [6.45, 7) is 2.36. The van der Waals surface area contributed by atoms with Gasteiger partial charge in [-0.05, 0) is 36.3 Å². The summed E-state index contributed by atoms with van der Waals surface area (Å²) in [5.74, 6) is 0.883. The Hall–Kier alpha value is -0.780. The molecular formula is C12H16. The lowest BCUT2D eigenvalue weighted by Crippen LogP contribution is -1.96. The molecule has 0 amide bonds. The monoisotopic (exact) mass is 160 g/mol. The number of hydrogen-bond donors (Lipinski definition) is 0. The van der Waals surface area contributed by atoms with Crippen molar-refractivity contribution in [3.63, 3.8) is 0 Å². The molecule has 0 heterocycles. The first-order valence-electron chi connectivity index (χ1n) is 4.93. The molecular weight excluding hydrogens is 144 g/mol. The van der Waals surface area contributed by atoms with Gasteiger partial charge in [-0.25, -0.2) is 0 Å². The smallest absolute Gasteiger partial charge is 0.0250 e. The van der Waals surface area contributed by atoms with Crippen molar-refractivity contribution >= 4 is 0 Å². The van der Waals surface area contributed by atoms with E-state index < -0.39 is 0 Å². The van der Waals surface area contributed by atoms with Gasteiger partial charge in [0.15, 0.2) is 0 Å². The Morgan fingerprint density at radius 1 is 1.17 bits per heavy atom. The molecule has 64 valence electrons. The second kappa shape index (κ2) is 3.30. The highest BCUT2D eigenvalue weighted by Gasteiger charge is 2.11. The van der Waals surface area contributed by atoms with Crippen LogP contribution in [0.15, 0.2) is 24.3 Å². The zero-order valence-corrected chi connectivity index (χ0v) is 7.72. The summed E-state index contributed by atoms with van der Waals surface area (Å²) >= 11 is 0. The molecule has 1 aliphatic carbocycles. The maximum atomic E-state index is 2.36. The largest absolute Gasteiger partial charge is 0.0622 e. The zero-order chi connectivity index (χ0) is 8.39. The Morgan fingerprint density at radius 2 is 1.92 bits per heavy atom. The summed E-state index contributed by atoms with van der Waals surface area (Å²) in [6, 6.07) is 8.90. The van der Waals surface area contributed by atoms with E-state index in [0.29, 0.717) is 0 Å². The molecule has 0 aliphatic heterocycles. The lowest BCUT2D eigenvalue weighted by molar-refractivity contribution is 0.526. The lowest BCUT2D eigenvalue weighted by Gasteiger charge is -2.07. The quantitative estimate of drug-likeness (QED) is 0.511. The fourth-order valence-electron chi connectivity index (χ4n) is 2.12. The van der Waals surface area contributed by atoms with E-state index in [0.717, 1.165) is 5.92 Å². The van der Waals surface area contributed by atoms with Gasteiger partial charge in [0.2, 0.25) is 0 Å². The molecule has 12 heavy (non-hydrogen) atoms. The van der Waals surface area contributed by atoms with Gasteiger partial charge in [0.25, 0.3) is 0 Å². The average Bonchev–Trinajstić information content (AvgIpc) is 2.25. The molecule has 0 saturated heterocycles. The fraction of sp³-hybridized carbons (Fsp3) is 0.500. The van der Waals surface area contributed by atoms with Crippen LogP contribution in [-0.4, -0.2) is 0 Å². The van der Waals surface area contributed by atoms with Crippen LogP contribution in [0.1, 0.15) is 30.9 Å². The molecule has 1 aromatic carbocycles. The third-order valence-electron chi connectivity index (χ3n) is 2.83. The summed E-state index contributed by atoms with van der Waals surface area (Å²) in [5.41, 5.74) is 3.17. The minimum Gasteiger partial charge on any atom is -0.0622 e. The van der Waals surface area contributed by atoms with Crippen LogP contribution < -0.4 is 0 Å². The Morgan fingerprint density at radius 3 is 2.75 bits per heavy atom. The predicted molar refractivity (Wildman–Crippen MR) is 52.2 cm³/mol. The lowest BCUT2D eigenvalue weighted by atomic mass is 9.99. The third kappa shape index (κ3) is 1.52. The Kier molecular flexibility index (Phi) is 2.16.